The number of nitrogens with two attached hydrogens (primary N) is 1. The predicted molar refractivity (Wildman–Crippen MR) is 93.7 cm³/mol. The molecule has 0 bridgehead atoms. The van der Waals surface area contributed by atoms with Gasteiger partial charge in [0.1, 0.15) is 10.6 Å². The molecule has 1 aromatic rings. The Morgan fingerprint density at radius 3 is 2.54 bits per heavy atom. The van der Waals surface area contributed by atoms with Crippen LogP contribution in [0.5, 0.6) is 0 Å². The maximum atomic E-state index is 13.5. The Bertz CT molecular complexity index is 756. The SMILES string of the molecule is CC1SC(C(N)=O)=C(C(F)(F)F)N1[SH]1C=CC(c2ccccc2)=C1. The fourth-order valence-electron chi connectivity index (χ4n) is 2.62. The number of hydrogen-bond donors (Lipinski definition) is 2. The molecule has 0 aliphatic carbocycles. The molecule has 1 aromatic carbocycles. The molecule has 0 spiro atoms. The number of nitrogens with zero attached hydrogens (tertiary/aromatic N) is 1. The Balaban J connectivity index is 1.98. The summed E-state index contributed by atoms with van der Waals surface area (Å²) in [4.78, 5) is 11.0. The quantitative estimate of drug-likeness (QED) is 0.785. The molecule has 2 atom stereocenters. The third-order valence-corrected chi connectivity index (χ3v) is 6.98. The van der Waals surface area contributed by atoms with Crippen LogP contribution in [-0.4, -0.2) is 21.8 Å². The number of primary amides is 1. The minimum Gasteiger partial charge on any atom is -0.365 e. The molecular weight excluding hydrogens is 357 g/mol. The molecule has 2 aliphatic heterocycles. The van der Waals surface area contributed by atoms with Gasteiger partial charge in [0.2, 0.25) is 0 Å². The summed E-state index contributed by atoms with van der Waals surface area (Å²) in [5.74, 6) is -1.04. The smallest absolute Gasteiger partial charge is 0.365 e. The Morgan fingerprint density at radius 2 is 1.96 bits per heavy atom. The molecular formula is C16H15F3N2OS2. The molecule has 0 radical (unpaired) electrons. The van der Waals surface area contributed by atoms with Crippen molar-refractivity contribution in [3.8, 4) is 0 Å². The van der Waals surface area contributed by atoms with Crippen LogP contribution >= 0.6 is 22.8 Å². The summed E-state index contributed by atoms with van der Waals surface area (Å²) in [6, 6.07) is 9.46. The average Bonchev–Trinajstić information content (AvgIpc) is 3.11. The molecule has 0 fully saturated rings. The lowest BCUT2D eigenvalue weighted by Crippen LogP contribution is -2.30. The molecule has 0 aromatic heterocycles. The molecule has 0 saturated heterocycles. The maximum Gasteiger partial charge on any atom is 0.433 e. The first-order valence-corrected chi connectivity index (χ1v) is 9.41. The van der Waals surface area contributed by atoms with Crippen molar-refractivity contribution in [1.29, 1.82) is 0 Å². The third-order valence-electron chi connectivity index (χ3n) is 3.60. The van der Waals surface area contributed by atoms with Gasteiger partial charge < -0.3 is 10.0 Å². The number of rotatable bonds is 3. The first-order chi connectivity index (χ1) is 11.3. The van der Waals surface area contributed by atoms with Crippen LogP contribution < -0.4 is 5.73 Å². The highest BCUT2D eigenvalue weighted by Crippen LogP contribution is 2.56. The molecule has 0 saturated carbocycles. The first-order valence-electron chi connectivity index (χ1n) is 7.10. The normalized spacial score (nSPS) is 25.3. The topological polar surface area (TPSA) is 46.3 Å². The summed E-state index contributed by atoms with van der Waals surface area (Å²) in [5, 5.41) is 3.09. The summed E-state index contributed by atoms with van der Waals surface area (Å²) in [5.41, 5.74) is 6.07. The Labute approximate surface area is 144 Å². The number of amides is 1. The zero-order valence-corrected chi connectivity index (χ0v) is 14.3. The van der Waals surface area contributed by atoms with Gasteiger partial charge in [-0.15, -0.1) is 11.1 Å². The van der Waals surface area contributed by atoms with Gasteiger partial charge in [-0.3, -0.25) is 4.79 Å². The largest absolute Gasteiger partial charge is 0.433 e. The zero-order chi connectivity index (χ0) is 17.5. The maximum absolute atomic E-state index is 13.5. The molecule has 2 N–H and O–H groups in total. The van der Waals surface area contributed by atoms with Gasteiger partial charge in [-0.25, -0.2) is 0 Å². The lowest BCUT2D eigenvalue weighted by atomic mass is 10.1. The third kappa shape index (κ3) is 3.08. The summed E-state index contributed by atoms with van der Waals surface area (Å²) in [6.45, 7) is 1.65. The molecule has 3 nitrogen and oxygen atoms in total. The van der Waals surface area contributed by atoms with Crippen LogP contribution in [0.4, 0.5) is 13.2 Å². The number of hydrogen-bond acceptors (Lipinski definition) is 3. The molecule has 2 heterocycles. The summed E-state index contributed by atoms with van der Waals surface area (Å²) >= 11 is -0.455. The fraction of sp³-hybridized carbons (Fsp3) is 0.188. The van der Waals surface area contributed by atoms with Crippen molar-refractivity contribution >= 4 is 34.3 Å². The van der Waals surface area contributed by atoms with E-state index in [9.17, 15) is 18.0 Å². The molecule has 3 rings (SSSR count). The second-order valence-electron chi connectivity index (χ2n) is 5.25. The highest BCUT2D eigenvalue weighted by atomic mass is 32.2. The van der Waals surface area contributed by atoms with Crippen molar-refractivity contribution < 1.29 is 18.0 Å². The van der Waals surface area contributed by atoms with Crippen molar-refractivity contribution in [2.75, 3.05) is 0 Å². The summed E-state index contributed by atoms with van der Waals surface area (Å²) in [6.07, 6.45) is -2.80. The highest BCUT2D eigenvalue weighted by Gasteiger charge is 2.49. The standard InChI is InChI=1S/C16H15F3N2OS2/c1-10-21(14(16(17,18)19)13(23-10)15(20)22)24-8-7-12(9-24)11-5-3-2-4-6-11/h2-10,24H,1H3,(H2,20,22). The van der Waals surface area contributed by atoms with Gasteiger partial charge in [0.15, 0.2) is 0 Å². The molecule has 2 unspecified atom stereocenters. The number of carbonyl (C=O) groups is 1. The van der Waals surface area contributed by atoms with Crippen LogP contribution in [0.15, 0.2) is 57.8 Å². The van der Waals surface area contributed by atoms with Crippen LogP contribution in [0.1, 0.15) is 12.5 Å². The highest BCUT2D eigenvalue weighted by molar-refractivity contribution is 8.21. The van der Waals surface area contributed by atoms with E-state index in [0.29, 0.717) is 0 Å². The minimum absolute atomic E-state index is 0.410. The Morgan fingerprint density at radius 1 is 1.29 bits per heavy atom. The van der Waals surface area contributed by atoms with E-state index in [1.807, 2.05) is 41.8 Å². The molecule has 24 heavy (non-hydrogen) atoms. The van der Waals surface area contributed by atoms with E-state index in [0.717, 1.165) is 22.9 Å². The number of thiol groups is 1. The monoisotopic (exact) mass is 372 g/mol. The van der Waals surface area contributed by atoms with E-state index in [4.69, 9.17) is 5.73 Å². The van der Waals surface area contributed by atoms with Gasteiger partial charge >= 0.3 is 6.18 Å². The number of carbonyl (C=O) groups excluding carboxylic acids is 1. The van der Waals surface area contributed by atoms with E-state index in [-0.39, 0.29) is 0 Å². The van der Waals surface area contributed by atoms with Gasteiger partial charge in [0.25, 0.3) is 5.91 Å². The Kier molecular flexibility index (Phi) is 4.44. The molecule has 128 valence electrons. The number of alkyl halides is 3. The second-order valence-corrected chi connectivity index (χ2v) is 8.32. The van der Waals surface area contributed by atoms with E-state index in [1.165, 1.54) is 4.31 Å². The van der Waals surface area contributed by atoms with Gasteiger partial charge in [-0.2, -0.15) is 13.2 Å². The van der Waals surface area contributed by atoms with Crippen LogP contribution in [0.2, 0.25) is 0 Å². The van der Waals surface area contributed by atoms with Crippen molar-refractivity contribution in [3.05, 3.63) is 63.4 Å². The number of thioether (sulfide) groups is 1. The predicted octanol–water partition coefficient (Wildman–Crippen LogP) is 4.13. The van der Waals surface area contributed by atoms with E-state index in [2.05, 4.69) is 0 Å². The van der Waals surface area contributed by atoms with E-state index in [1.54, 1.807) is 12.3 Å². The van der Waals surface area contributed by atoms with Crippen molar-refractivity contribution in [1.82, 2.24) is 4.31 Å². The van der Waals surface area contributed by atoms with Crippen LogP contribution in [0.3, 0.4) is 0 Å². The van der Waals surface area contributed by atoms with E-state index >= 15 is 0 Å². The number of allylic oxidation sites excluding steroid dienone is 3. The summed E-state index contributed by atoms with van der Waals surface area (Å²) < 4.78 is 41.8. The van der Waals surface area contributed by atoms with Crippen LogP contribution in [0.25, 0.3) is 5.57 Å². The Hall–Kier alpha value is -1.80. The van der Waals surface area contributed by atoms with Gasteiger partial charge in [0, 0.05) is 0 Å². The van der Waals surface area contributed by atoms with Crippen molar-refractivity contribution in [2.45, 2.75) is 18.5 Å². The number of benzene rings is 1. The van der Waals surface area contributed by atoms with Crippen molar-refractivity contribution in [2.24, 2.45) is 5.73 Å². The fourth-order valence-corrected chi connectivity index (χ4v) is 6.15. The second kappa shape index (κ2) is 6.25. The van der Waals surface area contributed by atoms with Gasteiger partial charge in [0.05, 0.1) is 5.37 Å². The first kappa shape index (κ1) is 17.0. The van der Waals surface area contributed by atoms with E-state index < -0.39 is 39.1 Å². The lowest BCUT2D eigenvalue weighted by molar-refractivity contribution is -0.117. The van der Waals surface area contributed by atoms with Gasteiger partial charge in [-0.1, -0.05) is 42.1 Å². The summed E-state index contributed by atoms with van der Waals surface area (Å²) in [7, 11) is 0. The molecule has 8 heteroatoms. The molecule has 1 amide bonds. The van der Waals surface area contributed by atoms with Gasteiger partial charge in [-0.05, 0) is 35.0 Å². The minimum atomic E-state index is -4.62. The average molecular weight is 372 g/mol. The zero-order valence-electron chi connectivity index (χ0n) is 12.6. The number of halogens is 3. The van der Waals surface area contributed by atoms with Crippen LogP contribution in [0, 0.1) is 0 Å². The van der Waals surface area contributed by atoms with Crippen LogP contribution in [-0.2, 0) is 4.79 Å². The lowest BCUT2D eigenvalue weighted by Gasteiger charge is -2.33. The molecule has 2 aliphatic rings. The van der Waals surface area contributed by atoms with Crippen molar-refractivity contribution in [3.63, 3.8) is 0 Å².